The average Bonchev–Trinajstić information content (AvgIpc) is 2.87. The smallest absolute Gasteiger partial charge is 0.242 e. The molecule has 0 aliphatic carbocycles. The number of unbranched alkanes of at least 4 members (excludes halogenated alkanes) is 1. The fourth-order valence-electron chi connectivity index (χ4n) is 3.58. The Kier molecular flexibility index (Phi) is 11.8. The molecule has 0 bridgehead atoms. The second kappa shape index (κ2) is 14.8. The largest absolute Gasteiger partial charge is 0.497 e. The summed E-state index contributed by atoms with van der Waals surface area (Å²) in [6.07, 6.45) is 3.31. The summed E-state index contributed by atoms with van der Waals surface area (Å²) < 4.78 is 16.1. The van der Waals surface area contributed by atoms with Gasteiger partial charge in [-0.3, -0.25) is 9.59 Å². The molecule has 0 radical (unpaired) electrons. The first-order valence-corrected chi connectivity index (χ1v) is 12.0. The third-order valence-corrected chi connectivity index (χ3v) is 5.59. The van der Waals surface area contributed by atoms with Crippen molar-refractivity contribution >= 4 is 11.8 Å². The van der Waals surface area contributed by atoms with Crippen LogP contribution in [0.25, 0.3) is 0 Å². The molecule has 1 atom stereocenters. The number of hydrogen-bond donors (Lipinski definition) is 1. The number of carbonyl (C=O) groups excluding carboxylic acids is 2. The topological polar surface area (TPSA) is 77.1 Å². The predicted molar refractivity (Wildman–Crippen MR) is 133 cm³/mol. The Morgan fingerprint density at radius 2 is 1.47 bits per heavy atom. The normalized spacial score (nSPS) is 11.4. The highest BCUT2D eigenvalue weighted by Gasteiger charge is 2.28. The highest BCUT2D eigenvalue weighted by molar-refractivity contribution is 5.87. The third-order valence-electron chi connectivity index (χ3n) is 5.59. The van der Waals surface area contributed by atoms with Crippen LogP contribution in [-0.2, 0) is 16.1 Å². The summed E-state index contributed by atoms with van der Waals surface area (Å²) >= 11 is 0. The van der Waals surface area contributed by atoms with Crippen LogP contribution in [0.5, 0.6) is 17.2 Å². The molecule has 0 saturated heterocycles. The lowest BCUT2D eigenvalue weighted by Gasteiger charge is -2.31. The fourth-order valence-corrected chi connectivity index (χ4v) is 3.58. The minimum absolute atomic E-state index is 0.0633. The first kappa shape index (κ1) is 27.0. The Labute approximate surface area is 203 Å². The standard InChI is InChI=1S/C27H38N2O5/c1-5-7-18-28-27(31)25(6-2)29(20-21-10-12-22(32-3)13-11-21)26(30)9-8-19-34-24-16-14-23(33-4)15-17-24/h10-17,25H,5-9,18-20H2,1-4H3,(H,28,31)/t25-/m1/s1. The van der Waals surface area contributed by atoms with Crippen molar-refractivity contribution in [2.24, 2.45) is 0 Å². The second-order valence-electron chi connectivity index (χ2n) is 8.07. The summed E-state index contributed by atoms with van der Waals surface area (Å²) in [6.45, 7) is 5.41. The van der Waals surface area contributed by atoms with E-state index in [0.29, 0.717) is 39.0 Å². The average molecular weight is 471 g/mol. The van der Waals surface area contributed by atoms with Gasteiger partial charge in [0.05, 0.1) is 20.8 Å². The van der Waals surface area contributed by atoms with Gasteiger partial charge in [-0.25, -0.2) is 0 Å². The molecule has 2 amide bonds. The first-order chi connectivity index (χ1) is 16.5. The van der Waals surface area contributed by atoms with Gasteiger partial charge in [0.1, 0.15) is 23.3 Å². The number of nitrogens with zero attached hydrogens (tertiary/aromatic N) is 1. The number of rotatable bonds is 15. The van der Waals surface area contributed by atoms with Gasteiger partial charge in [0.25, 0.3) is 0 Å². The lowest BCUT2D eigenvalue weighted by Crippen LogP contribution is -2.49. The van der Waals surface area contributed by atoms with Gasteiger partial charge in [0.2, 0.25) is 11.8 Å². The number of hydrogen-bond acceptors (Lipinski definition) is 5. The summed E-state index contributed by atoms with van der Waals surface area (Å²) in [5.41, 5.74) is 0.948. The van der Waals surface area contributed by atoms with Crippen molar-refractivity contribution in [1.29, 1.82) is 0 Å². The van der Waals surface area contributed by atoms with Crippen molar-refractivity contribution < 1.29 is 23.8 Å². The monoisotopic (exact) mass is 470 g/mol. The molecule has 1 N–H and O–H groups in total. The molecule has 34 heavy (non-hydrogen) atoms. The van der Waals surface area contributed by atoms with E-state index in [1.165, 1.54) is 0 Å². The van der Waals surface area contributed by atoms with E-state index in [0.717, 1.165) is 35.7 Å². The van der Waals surface area contributed by atoms with Gasteiger partial charge in [-0.1, -0.05) is 32.4 Å². The van der Waals surface area contributed by atoms with Crippen LogP contribution >= 0.6 is 0 Å². The molecule has 0 heterocycles. The first-order valence-electron chi connectivity index (χ1n) is 12.0. The quantitative estimate of drug-likeness (QED) is 0.386. The summed E-state index contributed by atoms with van der Waals surface area (Å²) in [6, 6.07) is 14.4. The molecule has 0 saturated carbocycles. The van der Waals surface area contributed by atoms with Gasteiger partial charge in [-0.15, -0.1) is 0 Å². The molecule has 2 aromatic rings. The Hall–Kier alpha value is -3.22. The molecule has 7 heteroatoms. The van der Waals surface area contributed by atoms with Crippen LogP contribution in [0.1, 0.15) is 51.5 Å². The minimum Gasteiger partial charge on any atom is -0.497 e. The number of nitrogens with one attached hydrogen (secondary N) is 1. The second-order valence-corrected chi connectivity index (χ2v) is 8.07. The lowest BCUT2D eigenvalue weighted by atomic mass is 10.1. The van der Waals surface area contributed by atoms with Crippen LogP contribution in [0.4, 0.5) is 0 Å². The zero-order chi connectivity index (χ0) is 24.8. The summed E-state index contributed by atoms with van der Waals surface area (Å²) in [5.74, 6) is 2.07. The predicted octanol–water partition coefficient (Wildman–Crippen LogP) is 4.59. The maximum Gasteiger partial charge on any atom is 0.242 e. The summed E-state index contributed by atoms with van der Waals surface area (Å²) in [4.78, 5) is 27.8. The van der Waals surface area contributed by atoms with E-state index in [-0.39, 0.29) is 11.8 Å². The van der Waals surface area contributed by atoms with Crippen LogP contribution in [-0.4, -0.2) is 50.1 Å². The Bertz CT molecular complexity index is 868. The van der Waals surface area contributed by atoms with E-state index in [9.17, 15) is 9.59 Å². The van der Waals surface area contributed by atoms with Crippen molar-refractivity contribution in [3.05, 3.63) is 54.1 Å². The van der Waals surface area contributed by atoms with Crippen molar-refractivity contribution in [3.8, 4) is 17.2 Å². The number of carbonyl (C=O) groups is 2. The van der Waals surface area contributed by atoms with Gasteiger partial charge >= 0.3 is 0 Å². The van der Waals surface area contributed by atoms with Gasteiger partial charge < -0.3 is 24.4 Å². The molecule has 0 aliphatic heterocycles. The minimum atomic E-state index is -0.519. The molecular weight excluding hydrogens is 432 g/mol. The zero-order valence-corrected chi connectivity index (χ0v) is 20.8. The van der Waals surface area contributed by atoms with E-state index in [4.69, 9.17) is 14.2 Å². The molecular formula is C27H38N2O5. The van der Waals surface area contributed by atoms with Crippen molar-refractivity contribution in [1.82, 2.24) is 10.2 Å². The number of benzene rings is 2. The van der Waals surface area contributed by atoms with Gasteiger partial charge in [-0.05, 0) is 61.2 Å². The summed E-state index contributed by atoms with van der Waals surface area (Å²) in [7, 11) is 3.24. The van der Waals surface area contributed by atoms with Crippen molar-refractivity contribution in [2.45, 2.75) is 58.5 Å². The van der Waals surface area contributed by atoms with Crippen LogP contribution in [0.15, 0.2) is 48.5 Å². The van der Waals surface area contributed by atoms with Crippen molar-refractivity contribution in [2.75, 3.05) is 27.4 Å². The number of amides is 2. The van der Waals surface area contributed by atoms with E-state index in [1.807, 2.05) is 55.5 Å². The fraction of sp³-hybridized carbons (Fsp3) is 0.481. The Morgan fingerprint density at radius 1 is 0.882 bits per heavy atom. The maximum atomic E-state index is 13.2. The molecule has 0 unspecified atom stereocenters. The summed E-state index contributed by atoms with van der Waals surface area (Å²) in [5, 5.41) is 2.98. The third kappa shape index (κ3) is 8.61. The molecule has 0 aromatic heterocycles. The number of methoxy groups -OCH3 is 2. The van der Waals surface area contributed by atoms with E-state index in [1.54, 1.807) is 19.1 Å². The molecule has 0 fully saturated rings. The molecule has 186 valence electrons. The van der Waals surface area contributed by atoms with Crippen molar-refractivity contribution in [3.63, 3.8) is 0 Å². The number of ether oxygens (including phenoxy) is 3. The van der Waals surface area contributed by atoms with E-state index in [2.05, 4.69) is 12.2 Å². The van der Waals surface area contributed by atoms with Gasteiger partial charge in [-0.2, -0.15) is 0 Å². The van der Waals surface area contributed by atoms with Crippen LogP contribution in [0.2, 0.25) is 0 Å². The lowest BCUT2D eigenvalue weighted by molar-refractivity contribution is -0.141. The van der Waals surface area contributed by atoms with E-state index >= 15 is 0 Å². The molecule has 0 spiro atoms. The Morgan fingerprint density at radius 3 is 2.03 bits per heavy atom. The van der Waals surface area contributed by atoms with Crippen LogP contribution < -0.4 is 19.5 Å². The van der Waals surface area contributed by atoms with E-state index < -0.39 is 6.04 Å². The van der Waals surface area contributed by atoms with Gasteiger partial charge in [0, 0.05) is 19.5 Å². The highest BCUT2D eigenvalue weighted by atomic mass is 16.5. The van der Waals surface area contributed by atoms with Crippen LogP contribution in [0.3, 0.4) is 0 Å². The highest BCUT2D eigenvalue weighted by Crippen LogP contribution is 2.19. The van der Waals surface area contributed by atoms with Crippen LogP contribution in [0, 0.1) is 0 Å². The maximum absolute atomic E-state index is 13.2. The SMILES string of the molecule is CCCCNC(=O)[C@@H](CC)N(Cc1ccc(OC)cc1)C(=O)CCCOc1ccc(OC)cc1. The molecule has 2 rings (SSSR count). The molecule has 0 aliphatic rings. The molecule has 2 aromatic carbocycles. The Balaban J connectivity index is 2.02. The zero-order valence-electron chi connectivity index (χ0n) is 20.8. The molecule has 7 nitrogen and oxygen atoms in total. The van der Waals surface area contributed by atoms with Gasteiger partial charge in [0.15, 0.2) is 0 Å².